The van der Waals surface area contributed by atoms with Crippen molar-refractivity contribution >= 4 is 39.3 Å². The molecule has 0 saturated heterocycles. The lowest BCUT2D eigenvalue weighted by molar-refractivity contribution is -0.112. The van der Waals surface area contributed by atoms with Crippen molar-refractivity contribution < 1.29 is 14.4 Å². The summed E-state index contributed by atoms with van der Waals surface area (Å²) in [4.78, 5) is 42.4. The van der Waals surface area contributed by atoms with Gasteiger partial charge in [-0.15, -0.1) is 0 Å². The predicted molar refractivity (Wildman–Crippen MR) is 90.9 cm³/mol. The highest BCUT2D eigenvalue weighted by Gasteiger charge is 2.17. The van der Waals surface area contributed by atoms with Gasteiger partial charge < -0.3 is 10.3 Å². The molecule has 0 unspecified atom stereocenters. The molecule has 3 aromatic rings. The molecule has 0 aliphatic carbocycles. The van der Waals surface area contributed by atoms with E-state index in [9.17, 15) is 14.4 Å². The highest BCUT2D eigenvalue weighted by molar-refractivity contribution is 6.15. The molecule has 0 bridgehead atoms. The molecule has 0 radical (unpaired) electrons. The minimum absolute atomic E-state index is 0.116. The number of ketones is 2. The van der Waals surface area contributed by atoms with Gasteiger partial charge in [0, 0.05) is 29.4 Å². The van der Waals surface area contributed by atoms with Crippen LogP contribution in [0.4, 0.5) is 0 Å². The molecule has 0 fully saturated rings. The largest absolute Gasteiger partial charge is 0.353 e. The molecule has 0 aliphatic heterocycles. The summed E-state index contributed by atoms with van der Waals surface area (Å²) in [7, 11) is 0. The molecular weight excluding hydrogens is 306 g/mol. The number of pyridine rings is 1. The summed E-state index contributed by atoms with van der Waals surface area (Å²) in [6, 6.07) is 9.22. The van der Waals surface area contributed by atoms with Crippen molar-refractivity contribution in [3.63, 3.8) is 0 Å². The van der Waals surface area contributed by atoms with Gasteiger partial charge in [0.15, 0.2) is 11.6 Å². The normalized spacial score (nSPS) is 11.2. The SMILES string of the molecule is CC(=O)/C=C\NC(=O)c1cc2c([nH]c3ccccc32)c(C(C)=O)n1. The van der Waals surface area contributed by atoms with Crippen molar-refractivity contribution in [3.05, 3.63) is 54.0 Å². The first-order valence-electron chi connectivity index (χ1n) is 7.37. The Balaban J connectivity index is 2.15. The number of nitrogens with one attached hydrogen (secondary N) is 2. The Labute approximate surface area is 137 Å². The van der Waals surface area contributed by atoms with Crippen molar-refractivity contribution in [2.45, 2.75) is 13.8 Å². The number of amides is 1. The van der Waals surface area contributed by atoms with Crippen molar-refractivity contribution in [3.8, 4) is 0 Å². The van der Waals surface area contributed by atoms with Crippen LogP contribution in [-0.4, -0.2) is 27.4 Å². The number of allylic oxidation sites excluding steroid dienone is 1. The van der Waals surface area contributed by atoms with E-state index in [0.29, 0.717) is 5.52 Å². The molecule has 2 aromatic heterocycles. The highest BCUT2D eigenvalue weighted by atomic mass is 16.2. The van der Waals surface area contributed by atoms with E-state index in [0.717, 1.165) is 16.3 Å². The second kappa shape index (κ2) is 6.08. The Morgan fingerprint density at radius 1 is 1.12 bits per heavy atom. The van der Waals surface area contributed by atoms with Gasteiger partial charge in [-0.1, -0.05) is 18.2 Å². The zero-order valence-electron chi connectivity index (χ0n) is 13.2. The number of H-pyrrole nitrogens is 1. The molecule has 0 aliphatic rings. The Hall–Kier alpha value is -3.28. The quantitative estimate of drug-likeness (QED) is 0.571. The second-order valence-electron chi connectivity index (χ2n) is 5.42. The molecule has 6 heteroatoms. The smallest absolute Gasteiger partial charge is 0.273 e. The third kappa shape index (κ3) is 2.81. The van der Waals surface area contributed by atoms with Gasteiger partial charge in [-0.3, -0.25) is 14.4 Å². The van der Waals surface area contributed by atoms with Crippen molar-refractivity contribution in [2.75, 3.05) is 0 Å². The van der Waals surface area contributed by atoms with E-state index in [-0.39, 0.29) is 23.0 Å². The number of hydrogen-bond acceptors (Lipinski definition) is 4. The van der Waals surface area contributed by atoms with Crippen LogP contribution in [0.3, 0.4) is 0 Å². The number of Topliss-reactive ketones (excluding diaryl/α,β-unsaturated/α-hetero) is 1. The molecule has 0 atom stereocenters. The van der Waals surface area contributed by atoms with Crippen LogP contribution in [0.5, 0.6) is 0 Å². The van der Waals surface area contributed by atoms with Crippen LogP contribution in [0, 0.1) is 0 Å². The minimum atomic E-state index is -0.484. The van der Waals surface area contributed by atoms with Crippen LogP contribution in [0.1, 0.15) is 34.8 Å². The first kappa shape index (κ1) is 15.6. The Morgan fingerprint density at radius 2 is 1.88 bits per heavy atom. The van der Waals surface area contributed by atoms with Gasteiger partial charge in [0.05, 0.1) is 5.52 Å². The molecule has 0 spiro atoms. The van der Waals surface area contributed by atoms with E-state index in [2.05, 4.69) is 15.3 Å². The fourth-order valence-corrected chi connectivity index (χ4v) is 2.53. The predicted octanol–water partition coefficient (Wildman–Crippen LogP) is 2.75. The summed E-state index contributed by atoms with van der Waals surface area (Å²) in [5.41, 5.74) is 1.81. The maximum Gasteiger partial charge on any atom is 0.273 e. The van der Waals surface area contributed by atoms with Crippen LogP contribution in [0.25, 0.3) is 21.8 Å². The molecule has 2 N–H and O–H groups in total. The first-order chi connectivity index (χ1) is 11.5. The number of aromatic nitrogens is 2. The van der Waals surface area contributed by atoms with Gasteiger partial charge in [-0.05, 0) is 25.1 Å². The van der Waals surface area contributed by atoms with Gasteiger partial charge in [-0.2, -0.15) is 0 Å². The van der Waals surface area contributed by atoms with Gasteiger partial charge >= 0.3 is 0 Å². The van der Waals surface area contributed by atoms with Gasteiger partial charge in [0.1, 0.15) is 11.4 Å². The zero-order valence-corrected chi connectivity index (χ0v) is 13.2. The number of rotatable bonds is 4. The van der Waals surface area contributed by atoms with Crippen LogP contribution >= 0.6 is 0 Å². The summed E-state index contributed by atoms with van der Waals surface area (Å²) in [5.74, 6) is -0.901. The monoisotopic (exact) mass is 321 g/mol. The summed E-state index contributed by atoms with van der Waals surface area (Å²) >= 11 is 0. The molecule has 1 amide bonds. The lowest BCUT2D eigenvalue weighted by Crippen LogP contribution is -2.20. The van der Waals surface area contributed by atoms with E-state index < -0.39 is 5.91 Å². The lowest BCUT2D eigenvalue weighted by Gasteiger charge is -2.04. The number of aromatic amines is 1. The zero-order chi connectivity index (χ0) is 17.3. The van der Waals surface area contributed by atoms with Gasteiger partial charge in [0.25, 0.3) is 5.91 Å². The number of nitrogens with zero attached hydrogens (tertiary/aromatic N) is 1. The summed E-state index contributed by atoms with van der Waals surface area (Å²) in [6.45, 7) is 2.79. The highest BCUT2D eigenvalue weighted by Crippen LogP contribution is 2.27. The molecule has 2 heterocycles. The topological polar surface area (TPSA) is 91.9 Å². The molecule has 120 valence electrons. The molecule has 24 heavy (non-hydrogen) atoms. The average molecular weight is 321 g/mol. The minimum Gasteiger partial charge on any atom is -0.353 e. The van der Waals surface area contributed by atoms with Crippen LogP contribution in [0.15, 0.2) is 42.6 Å². The van der Waals surface area contributed by atoms with Crippen LogP contribution < -0.4 is 5.32 Å². The molecule has 0 saturated carbocycles. The number of para-hydroxylation sites is 1. The third-order valence-corrected chi connectivity index (χ3v) is 3.59. The van der Waals surface area contributed by atoms with E-state index in [4.69, 9.17) is 0 Å². The van der Waals surface area contributed by atoms with Gasteiger partial charge in [0.2, 0.25) is 0 Å². The summed E-state index contributed by atoms with van der Waals surface area (Å²) in [5, 5.41) is 4.14. The van der Waals surface area contributed by atoms with Crippen LogP contribution in [-0.2, 0) is 4.79 Å². The first-order valence-corrected chi connectivity index (χ1v) is 7.37. The number of carbonyl (C=O) groups is 3. The van der Waals surface area contributed by atoms with E-state index in [1.165, 1.54) is 26.1 Å². The van der Waals surface area contributed by atoms with E-state index in [1.807, 2.05) is 24.3 Å². The number of fused-ring (bicyclic) bond motifs is 3. The summed E-state index contributed by atoms with van der Waals surface area (Å²) < 4.78 is 0. The number of hydrogen-bond donors (Lipinski definition) is 2. The van der Waals surface area contributed by atoms with Gasteiger partial charge in [-0.25, -0.2) is 4.98 Å². The van der Waals surface area contributed by atoms with Crippen molar-refractivity contribution in [1.29, 1.82) is 0 Å². The Bertz CT molecular complexity index is 1010. The maximum atomic E-state index is 12.2. The van der Waals surface area contributed by atoms with Crippen LogP contribution in [0.2, 0.25) is 0 Å². The maximum absolute atomic E-state index is 12.2. The number of benzene rings is 1. The fourth-order valence-electron chi connectivity index (χ4n) is 2.53. The molecule has 6 nitrogen and oxygen atoms in total. The molecular formula is C18H15N3O3. The van der Waals surface area contributed by atoms with Crippen molar-refractivity contribution in [2.24, 2.45) is 0 Å². The molecule has 3 rings (SSSR count). The van der Waals surface area contributed by atoms with E-state index >= 15 is 0 Å². The average Bonchev–Trinajstić information content (AvgIpc) is 2.91. The fraction of sp³-hybridized carbons (Fsp3) is 0.111. The third-order valence-electron chi connectivity index (χ3n) is 3.59. The second-order valence-corrected chi connectivity index (χ2v) is 5.42. The summed E-state index contributed by atoms with van der Waals surface area (Å²) in [6.07, 6.45) is 2.51. The standard InChI is InChI=1S/C18H15N3O3/c1-10(22)7-8-19-18(24)15-9-13-12-5-3-4-6-14(12)20-17(13)16(21-15)11(2)23/h3-9,20H,1-2H3,(H,19,24)/b8-7-. The number of carbonyl (C=O) groups excluding carboxylic acids is 3. The molecule has 1 aromatic carbocycles. The van der Waals surface area contributed by atoms with E-state index in [1.54, 1.807) is 6.07 Å². The Morgan fingerprint density at radius 3 is 2.58 bits per heavy atom. The van der Waals surface area contributed by atoms with Crippen molar-refractivity contribution in [1.82, 2.24) is 15.3 Å². The lowest BCUT2D eigenvalue weighted by atomic mass is 10.1. The Kier molecular flexibility index (Phi) is 3.95.